The van der Waals surface area contributed by atoms with Crippen LogP contribution in [0.3, 0.4) is 0 Å². The molecule has 98 valence electrons. The molecule has 0 unspecified atom stereocenters. The van der Waals surface area contributed by atoms with Gasteiger partial charge in [0, 0.05) is 17.6 Å². The SMILES string of the molecule is Nc1ccc(C(=O)NC2CCC(N)CC2)cc1Cl. The van der Waals surface area contributed by atoms with Crippen LogP contribution in [-0.2, 0) is 0 Å². The molecule has 0 heterocycles. The van der Waals surface area contributed by atoms with Crippen LogP contribution in [0.2, 0.25) is 5.02 Å². The number of hydrogen-bond donors (Lipinski definition) is 3. The zero-order valence-electron chi connectivity index (χ0n) is 10.2. The van der Waals surface area contributed by atoms with Crippen molar-refractivity contribution in [1.29, 1.82) is 0 Å². The summed E-state index contributed by atoms with van der Waals surface area (Å²) in [6, 6.07) is 5.43. The van der Waals surface area contributed by atoms with E-state index < -0.39 is 0 Å². The van der Waals surface area contributed by atoms with Gasteiger partial charge in [0.1, 0.15) is 0 Å². The Morgan fingerprint density at radius 3 is 2.56 bits per heavy atom. The average molecular weight is 268 g/mol. The van der Waals surface area contributed by atoms with Gasteiger partial charge in [0.15, 0.2) is 0 Å². The van der Waals surface area contributed by atoms with Gasteiger partial charge in [-0.15, -0.1) is 0 Å². The van der Waals surface area contributed by atoms with Crippen molar-refractivity contribution in [2.75, 3.05) is 5.73 Å². The Balaban J connectivity index is 1.97. The largest absolute Gasteiger partial charge is 0.398 e. The minimum Gasteiger partial charge on any atom is -0.398 e. The predicted molar refractivity (Wildman–Crippen MR) is 73.6 cm³/mol. The number of amides is 1. The Morgan fingerprint density at radius 1 is 1.28 bits per heavy atom. The third kappa shape index (κ3) is 3.15. The quantitative estimate of drug-likeness (QED) is 0.716. The maximum Gasteiger partial charge on any atom is 0.251 e. The zero-order valence-corrected chi connectivity index (χ0v) is 10.9. The van der Waals surface area contributed by atoms with Gasteiger partial charge in [-0.2, -0.15) is 0 Å². The van der Waals surface area contributed by atoms with E-state index in [4.69, 9.17) is 23.1 Å². The highest BCUT2D eigenvalue weighted by molar-refractivity contribution is 6.33. The highest BCUT2D eigenvalue weighted by Gasteiger charge is 2.20. The number of carbonyl (C=O) groups is 1. The van der Waals surface area contributed by atoms with Crippen molar-refractivity contribution in [2.24, 2.45) is 5.73 Å². The summed E-state index contributed by atoms with van der Waals surface area (Å²) >= 11 is 5.90. The summed E-state index contributed by atoms with van der Waals surface area (Å²) in [4.78, 5) is 12.0. The van der Waals surface area contributed by atoms with Crippen LogP contribution in [0.4, 0.5) is 5.69 Å². The van der Waals surface area contributed by atoms with Crippen LogP contribution in [-0.4, -0.2) is 18.0 Å². The van der Waals surface area contributed by atoms with E-state index in [-0.39, 0.29) is 18.0 Å². The molecular weight excluding hydrogens is 250 g/mol. The summed E-state index contributed by atoms with van der Waals surface area (Å²) in [5.41, 5.74) is 12.5. The van der Waals surface area contributed by atoms with E-state index in [1.54, 1.807) is 18.2 Å². The van der Waals surface area contributed by atoms with Gasteiger partial charge >= 0.3 is 0 Å². The van der Waals surface area contributed by atoms with E-state index >= 15 is 0 Å². The van der Waals surface area contributed by atoms with Crippen molar-refractivity contribution in [2.45, 2.75) is 37.8 Å². The van der Waals surface area contributed by atoms with Gasteiger partial charge in [-0.3, -0.25) is 4.79 Å². The first-order valence-corrected chi connectivity index (χ1v) is 6.55. The molecule has 0 bridgehead atoms. The summed E-state index contributed by atoms with van der Waals surface area (Å²) in [5, 5.41) is 3.42. The third-order valence-corrected chi connectivity index (χ3v) is 3.70. The maximum atomic E-state index is 12.0. The lowest BCUT2D eigenvalue weighted by Crippen LogP contribution is -2.40. The number of nitrogens with one attached hydrogen (secondary N) is 1. The molecule has 1 aliphatic rings. The second-order valence-electron chi connectivity index (χ2n) is 4.82. The first-order chi connectivity index (χ1) is 8.56. The fourth-order valence-corrected chi connectivity index (χ4v) is 2.38. The monoisotopic (exact) mass is 267 g/mol. The van der Waals surface area contributed by atoms with E-state index in [1.807, 2.05) is 0 Å². The Kier molecular flexibility index (Phi) is 4.09. The minimum absolute atomic E-state index is 0.0997. The van der Waals surface area contributed by atoms with Crippen molar-refractivity contribution in [1.82, 2.24) is 5.32 Å². The number of hydrogen-bond acceptors (Lipinski definition) is 3. The van der Waals surface area contributed by atoms with Crippen molar-refractivity contribution >= 4 is 23.2 Å². The number of nitrogens with two attached hydrogens (primary N) is 2. The molecule has 1 saturated carbocycles. The highest BCUT2D eigenvalue weighted by atomic mass is 35.5. The number of nitrogen functional groups attached to an aromatic ring is 1. The van der Waals surface area contributed by atoms with Crippen LogP contribution in [0.5, 0.6) is 0 Å². The van der Waals surface area contributed by atoms with Crippen LogP contribution in [0, 0.1) is 0 Å². The molecule has 1 aromatic rings. The van der Waals surface area contributed by atoms with E-state index in [9.17, 15) is 4.79 Å². The molecule has 0 aromatic heterocycles. The van der Waals surface area contributed by atoms with Crippen molar-refractivity contribution in [3.63, 3.8) is 0 Å². The molecule has 1 fully saturated rings. The Hall–Kier alpha value is -1.26. The summed E-state index contributed by atoms with van der Waals surface area (Å²) in [6.07, 6.45) is 3.81. The minimum atomic E-state index is -0.0997. The van der Waals surface area contributed by atoms with E-state index in [0.717, 1.165) is 25.7 Å². The molecular formula is C13H18ClN3O. The van der Waals surface area contributed by atoms with E-state index in [0.29, 0.717) is 16.3 Å². The summed E-state index contributed by atoms with van der Waals surface area (Å²) in [5.74, 6) is -0.0997. The van der Waals surface area contributed by atoms with Gasteiger partial charge in [0.25, 0.3) is 5.91 Å². The zero-order chi connectivity index (χ0) is 13.1. The van der Waals surface area contributed by atoms with Crippen LogP contribution >= 0.6 is 11.6 Å². The fourth-order valence-electron chi connectivity index (χ4n) is 2.20. The first-order valence-electron chi connectivity index (χ1n) is 6.17. The second-order valence-corrected chi connectivity index (χ2v) is 5.23. The Morgan fingerprint density at radius 2 is 1.94 bits per heavy atom. The number of halogens is 1. The predicted octanol–water partition coefficient (Wildman–Crippen LogP) is 1.92. The number of benzene rings is 1. The van der Waals surface area contributed by atoms with Gasteiger partial charge in [-0.05, 0) is 43.9 Å². The second kappa shape index (κ2) is 5.59. The van der Waals surface area contributed by atoms with Crippen molar-refractivity contribution < 1.29 is 4.79 Å². The molecule has 1 amide bonds. The van der Waals surface area contributed by atoms with Gasteiger partial charge in [-0.25, -0.2) is 0 Å². The fraction of sp³-hybridized carbons (Fsp3) is 0.462. The third-order valence-electron chi connectivity index (χ3n) is 3.37. The maximum absolute atomic E-state index is 12.0. The molecule has 0 radical (unpaired) electrons. The molecule has 1 aliphatic carbocycles. The number of carbonyl (C=O) groups excluding carboxylic acids is 1. The molecule has 4 nitrogen and oxygen atoms in total. The van der Waals surface area contributed by atoms with Crippen LogP contribution in [0.15, 0.2) is 18.2 Å². The van der Waals surface area contributed by atoms with E-state index in [1.165, 1.54) is 0 Å². The molecule has 0 atom stereocenters. The average Bonchev–Trinajstić information content (AvgIpc) is 2.35. The standard InChI is InChI=1S/C13H18ClN3O/c14-11-7-8(1-6-12(11)16)13(18)17-10-4-2-9(15)3-5-10/h1,6-7,9-10H,2-5,15-16H2,(H,17,18). The molecule has 1 aromatic carbocycles. The molecule has 0 spiro atoms. The molecule has 0 aliphatic heterocycles. The van der Waals surface area contributed by atoms with Gasteiger partial charge < -0.3 is 16.8 Å². The normalized spacial score (nSPS) is 23.7. The Labute approximate surface area is 112 Å². The first kappa shape index (κ1) is 13.2. The van der Waals surface area contributed by atoms with Crippen LogP contribution < -0.4 is 16.8 Å². The molecule has 5 heteroatoms. The van der Waals surface area contributed by atoms with Crippen molar-refractivity contribution in [3.8, 4) is 0 Å². The topological polar surface area (TPSA) is 81.1 Å². The molecule has 18 heavy (non-hydrogen) atoms. The van der Waals surface area contributed by atoms with Gasteiger partial charge in [-0.1, -0.05) is 11.6 Å². The molecule has 5 N–H and O–H groups in total. The number of rotatable bonds is 2. The highest BCUT2D eigenvalue weighted by Crippen LogP contribution is 2.21. The van der Waals surface area contributed by atoms with E-state index in [2.05, 4.69) is 5.32 Å². The summed E-state index contributed by atoms with van der Waals surface area (Å²) in [6.45, 7) is 0. The van der Waals surface area contributed by atoms with Gasteiger partial charge in [0.05, 0.1) is 10.7 Å². The number of anilines is 1. The summed E-state index contributed by atoms with van der Waals surface area (Å²) in [7, 11) is 0. The van der Waals surface area contributed by atoms with Crippen LogP contribution in [0.1, 0.15) is 36.0 Å². The van der Waals surface area contributed by atoms with Crippen molar-refractivity contribution in [3.05, 3.63) is 28.8 Å². The lowest BCUT2D eigenvalue weighted by atomic mass is 9.91. The van der Waals surface area contributed by atoms with Gasteiger partial charge in [0.2, 0.25) is 0 Å². The summed E-state index contributed by atoms with van der Waals surface area (Å²) < 4.78 is 0. The smallest absolute Gasteiger partial charge is 0.251 e. The lowest BCUT2D eigenvalue weighted by molar-refractivity contribution is 0.0926. The molecule has 0 saturated heterocycles. The molecule has 2 rings (SSSR count). The lowest BCUT2D eigenvalue weighted by Gasteiger charge is -2.26. The Bertz CT molecular complexity index is 442. The van der Waals surface area contributed by atoms with Crippen LogP contribution in [0.25, 0.3) is 0 Å².